The minimum atomic E-state index is -1.22. The molecule has 0 bridgehead atoms. The molecule has 37 heavy (non-hydrogen) atoms. The fourth-order valence-electron chi connectivity index (χ4n) is 5.15. The average molecular weight is 535 g/mol. The van der Waals surface area contributed by atoms with Crippen LogP contribution in [0.25, 0.3) is 0 Å². The molecule has 0 radical (unpaired) electrons. The molecule has 2 heterocycles. The number of carbonyl (C=O) groups excluding carboxylic acids is 1. The third-order valence-corrected chi connectivity index (χ3v) is 9.17. The van der Waals surface area contributed by atoms with E-state index in [0.29, 0.717) is 18.2 Å². The van der Waals surface area contributed by atoms with E-state index in [1.54, 1.807) is 24.3 Å². The van der Waals surface area contributed by atoms with E-state index in [1.165, 1.54) is 25.8 Å². The molecule has 1 N–H and O–H groups in total. The SMILES string of the molecule is CSc1ccc2c(c1)C(N1CCN(CCCOC(=O)C(O)c3ccccc3)CC1)Cc1ccccc1S2. The highest BCUT2D eigenvalue weighted by atomic mass is 32.2. The van der Waals surface area contributed by atoms with Gasteiger partial charge in [-0.1, -0.05) is 60.3 Å². The van der Waals surface area contributed by atoms with Gasteiger partial charge in [-0.3, -0.25) is 4.90 Å². The maximum Gasteiger partial charge on any atom is 0.339 e. The van der Waals surface area contributed by atoms with Gasteiger partial charge in [-0.25, -0.2) is 4.79 Å². The minimum Gasteiger partial charge on any atom is -0.463 e. The van der Waals surface area contributed by atoms with Crippen molar-refractivity contribution in [2.45, 2.75) is 39.7 Å². The zero-order valence-electron chi connectivity index (χ0n) is 21.2. The summed E-state index contributed by atoms with van der Waals surface area (Å²) in [7, 11) is 0. The standard InChI is InChI=1S/C30H34N2O3S2/c1-36-24-12-13-28-25(21-24)26(20-23-10-5-6-11-27(23)37-28)32-17-15-31(16-18-32)14-7-19-35-30(34)29(33)22-8-3-2-4-9-22/h2-6,8-13,21,26,29,33H,7,14-20H2,1H3. The second-order valence-corrected chi connectivity index (χ2v) is 11.5. The van der Waals surface area contributed by atoms with Crippen molar-refractivity contribution in [1.82, 2.24) is 9.80 Å². The lowest BCUT2D eigenvalue weighted by Crippen LogP contribution is -2.48. The van der Waals surface area contributed by atoms with Crippen molar-refractivity contribution in [3.05, 3.63) is 89.5 Å². The quantitative estimate of drug-likeness (QED) is 0.235. The molecule has 2 unspecified atom stereocenters. The van der Waals surface area contributed by atoms with Crippen molar-refractivity contribution >= 4 is 29.5 Å². The van der Waals surface area contributed by atoms with Crippen LogP contribution in [-0.2, 0) is 16.0 Å². The molecule has 0 saturated carbocycles. The number of esters is 1. The first-order chi connectivity index (χ1) is 18.1. The highest BCUT2D eigenvalue weighted by Gasteiger charge is 2.30. The van der Waals surface area contributed by atoms with E-state index in [1.807, 2.05) is 29.6 Å². The Balaban J connectivity index is 1.15. The maximum absolute atomic E-state index is 12.2. The number of benzene rings is 3. The van der Waals surface area contributed by atoms with E-state index >= 15 is 0 Å². The molecule has 2 aliphatic rings. The number of carbonyl (C=O) groups is 1. The van der Waals surface area contributed by atoms with E-state index in [2.05, 4.69) is 58.5 Å². The van der Waals surface area contributed by atoms with Crippen LogP contribution in [0, 0.1) is 0 Å². The van der Waals surface area contributed by atoms with E-state index < -0.39 is 12.1 Å². The number of nitrogens with zero attached hydrogens (tertiary/aromatic N) is 2. The van der Waals surface area contributed by atoms with Gasteiger partial charge >= 0.3 is 5.97 Å². The van der Waals surface area contributed by atoms with Gasteiger partial charge in [0.1, 0.15) is 0 Å². The normalized spacial score (nSPS) is 18.9. The summed E-state index contributed by atoms with van der Waals surface area (Å²) in [5, 5.41) is 10.2. The molecule has 7 heteroatoms. The Morgan fingerprint density at radius 3 is 2.57 bits per heavy atom. The summed E-state index contributed by atoms with van der Waals surface area (Å²) in [5.41, 5.74) is 3.45. The van der Waals surface area contributed by atoms with Gasteiger partial charge in [0.25, 0.3) is 0 Å². The third-order valence-electron chi connectivity index (χ3n) is 7.23. The van der Waals surface area contributed by atoms with E-state index in [0.717, 1.165) is 45.6 Å². The summed E-state index contributed by atoms with van der Waals surface area (Å²) in [6.07, 6.45) is 2.73. The zero-order valence-corrected chi connectivity index (χ0v) is 22.8. The van der Waals surface area contributed by atoms with Crippen LogP contribution in [0.5, 0.6) is 0 Å². The number of piperazine rings is 1. The fourth-order valence-corrected chi connectivity index (χ4v) is 6.72. The van der Waals surface area contributed by atoms with Gasteiger partial charge in [-0.15, -0.1) is 11.8 Å². The maximum atomic E-state index is 12.2. The molecular formula is C30H34N2O3S2. The lowest BCUT2D eigenvalue weighted by atomic mass is 9.96. The number of aliphatic hydroxyl groups is 1. The van der Waals surface area contributed by atoms with Crippen LogP contribution in [0.4, 0.5) is 0 Å². The van der Waals surface area contributed by atoms with E-state index in [4.69, 9.17) is 4.74 Å². The Morgan fingerprint density at radius 1 is 1.03 bits per heavy atom. The first-order valence-corrected chi connectivity index (χ1v) is 15.0. The van der Waals surface area contributed by atoms with Gasteiger partial charge in [0, 0.05) is 53.5 Å². The first-order valence-electron chi connectivity index (χ1n) is 12.9. The smallest absolute Gasteiger partial charge is 0.339 e. The Bertz CT molecular complexity index is 1200. The molecule has 3 aromatic carbocycles. The third kappa shape index (κ3) is 6.41. The largest absolute Gasteiger partial charge is 0.463 e. The second kappa shape index (κ2) is 12.5. The van der Waals surface area contributed by atoms with Crippen molar-refractivity contribution in [3.8, 4) is 0 Å². The van der Waals surface area contributed by atoms with Crippen LogP contribution in [-0.4, -0.2) is 66.5 Å². The van der Waals surface area contributed by atoms with Crippen LogP contribution >= 0.6 is 23.5 Å². The van der Waals surface area contributed by atoms with Gasteiger partial charge in [0.15, 0.2) is 6.10 Å². The van der Waals surface area contributed by atoms with Gasteiger partial charge in [-0.2, -0.15) is 0 Å². The number of hydrogen-bond donors (Lipinski definition) is 1. The van der Waals surface area contributed by atoms with Gasteiger partial charge in [0.05, 0.1) is 6.61 Å². The molecule has 0 aromatic heterocycles. The summed E-state index contributed by atoms with van der Waals surface area (Å²) in [4.78, 5) is 21.3. The highest BCUT2D eigenvalue weighted by molar-refractivity contribution is 7.99. The molecule has 194 valence electrons. The average Bonchev–Trinajstić information content (AvgIpc) is 3.12. The number of ether oxygens (including phenoxy) is 1. The van der Waals surface area contributed by atoms with Gasteiger partial charge in [-0.05, 0) is 60.1 Å². The van der Waals surface area contributed by atoms with Gasteiger partial charge < -0.3 is 14.7 Å². The van der Waals surface area contributed by atoms with Crippen molar-refractivity contribution in [1.29, 1.82) is 0 Å². The molecule has 5 nitrogen and oxygen atoms in total. The summed E-state index contributed by atoms with van der Waals surface area (Å²) in [6.45, 7) is 5.26. The Kier molecular flexibility index (Phi) is 8.89. The van der Waals surface area contributed by atoms with Crippen LogP contribution in [0.3, 0.4) is 0 Å². The second-order valence-electron chi connectivity index (χ2n) is 9.55. The van der Waals surface area contributed by atoms with Crippen molar-refractivity contribution in [2.75, 3.05) is 45.6 Å². The Morgan fingerprint density at radius 2 is 1.78 bits per heavy atom. The molecule has 0 aliphatic carbocycles. The fraction of sp³-hybridized carbons (Fsp3) is 0.367. The number of rotatable bonds is 8. The van der Waals surface area contributed by atoms with Crippen LogP contribution in [0.2, 0.25) is 0 Å². The lowest BCUT2D eigenvalue weighted by Gasteiger charge is -2.39. The Hall–Kier alpha value is -2.29. The molecule has 1 saturated heterocycles. The minimum absolute atomic E-state index is 0.324. The molecule has 0 amide bonds. The number of thioether (sulfide) groups is 1. The van der Waals surface area contributed by atoms with E-state index in [9.17, 15) is 9.90 Å². The molecule has 2 atom stereocenters. The summed E-state index contributed by atoms with van der Waals surface area (Å²) < 4.78 is 5.34. The monoisotopic (exact) mass is 534 g/mol. The highest BCUT2D eigenvalue weighted by Crippen LogP contribution is 2.44. The van der Waals surface area contributed by atoms with Crippen LogP contribution < -0.4 is 0 Å². The summed E-state index contributed by atoms with van der Waals surface area (Å²) in [5.74, 6) is -0.578. The van der Waals surface area contributed by atoms with E-state index in [-0.39, 0.29) is 0 Å². The molecule has 2 aliphatic heterocycles. The van der Waals surface area contributed by atoms with Crippen molar-refractivity contribution in [3.63, 3.8) is 0 Å². The van der Waals surface area contributed by atoms with Crippen LogP contribution in [0.1, 0.15) is 35.3 Å². The van der Waals surface area contributed by atoms with Gasteiger partial charge in [0.2, 0.25) is 0 Å². The lowest BCUT2D eigenvalue weighted by molar-refractivity contribution is -0.154. The predicted molar refractivity (Wildman–Crippen MR) is 150 cm³/mol. The number of fused-ring (bicyclic) bond motifs is 2. The first kappa shape index (κ1) is 26.3. The molecule has 0 spiro atoms. The molecule has 3 aromatic rings. The number of hydrogen-bond acceptors (Lipinski definition) is 7. The molecule has 5 rings (SSSR count). The summed E-state index contributed by atoms with van der Waals surface area (Å²) >= 11 is 3.71. The number of aliphatic hydroxyl groups excluding tert-OH is 1. The topological polar surface area (TPSA) is 53.0 Å². The van der Waals surface area contributed by atoms with Crippen molar-refractivity contribution in [2.24, 2.45) is 0 Å². The Labute approximate surface area is 228 Å². The zero-order chi connectivity index (χ0) is 25.6. The molecule has 1 fully saturated rings. The van der Waals surface area contributed by atoms with Crippen LogP contribution in [0.15, 0.2) is 87.5 Å². The van der Waals surface area contributed by atoms with Crippen molar-refractivity contribution < 1.29 is 14.6 Å². The predicted octanol–water partition coefficient (Wildman–Crippen LogP) is 5.44. The molecular weight excluding hydrogens is 500 g/mol. The summed E-state index contributed by atoms with van der Waals surface area (Å²) in [6, 6.07) is 25.1.